The molecule has 0 saturated heterocycles. The quantitative estimate of drug-likeness (QED) is 0.407. The summed E-state index contributed by atoms with van der Waals surface area (Å²) in [4.78, 5) is 17.0. The lowest BCUT2D eigenvalue weighted by Crippen LogP contribution is -2.53. The molecule has 1 aliphatic rings. The number of pyridine rings is 1. The predicted molar refractivity (Wildman–Crippen MR) is 114 cm³/mol. The van der Waals surface area contributed by atoms with Crippen molar-refractivity contribution in [2.45, 2.75) is 18.8 Å². The van der Waals surface area contributed by atoms with Crippen molar-refractivity contribution in [3.8, 4) is 5.75 Å². The summed E-state index contributed by atoms with van der Waals surface area (Å²) < 4.78 is 41.0. The van der Waals surface area contributed by atoms with E-state index in [0.29, 0.717) is 17.7 Å². The Bertz CT molecular complexity index is 1150. The van der Waals surface area contributed by atoms with E-state index >= 15 is 0 Å². The second-order valence-corrected chi connectivity index (χ2v) is 7.50. The Morgan fingerprint density at radius 1 is 1.06 bits per heavy atom. The van der Waals surface area contributed by atoms with Gasteiger partial charge in [-0.05, 0) is 24.3 Å². The predicted octanol–water partition coefficient (Wildman–Crippen LogP) is 5.57. The summed E-state index contributed by atoms with van der Waals surface area (Å²) in [5, 5.41) is 4.98. The third kappa shape index (κ3) is 4.17. The number of carbonyl (C=O) groups excluding carboxylic acids is 1. The fourth-order valence-electron chi connectivity index (χ4n) is 3.78. The van der Waals surface area contributed by atoms with Crippen LogP contribution in [-0.2, 0) is 0 Å². The largest absolute Gasteiger partial charge is 0.573 e. The molecule has 2 aromatic carbocycles. The van der Waals surface area contributed by atoms with Crippen molar-refractivity contribution in [1.82, 2.24) is 9.58 Å². The number of quaternary nitrogens is 1. The molecule has 4 rings (SSSR count). The molecule has 3 aromatic rings. The maximum atomic E-state index is 12.9. The first-order valence-corrected chi connectivity index (χ1v) is 9.88. The first-order valence-electron chi connectivity index (χ1n) is 9.50. The smallest absolute Gasteiger partial charge is 0.406 e. The van der Waals surface area contributed by atoms with E-state index in [-0.39, 0.29) is 10.8 Å². The Morgan fingerprint density at radius 2 is 1.75 bits per heavy atom. The Balaban J connectivity index is 1.85. The van der Waals surface area contributed by atoms with Gasteiger partial charge in [0.15, 0.2) is 11.7 Å². The van der Waals surface area contributed by atoms with Gasteiger partial charge in [0.25, 0.3) is 0 Å². The standard InChI is InChI=1S/C22H16ClF3N4O2/c23-20-11-6-15(13-28-20)19-12-18(14-4-2-1-3-5-14)29-30(19,21(27)31)16-7-9-17(10-8-16)32-22(24,25)26/h1-11,13,19H,12H2,(H-,27,31)/p+1. The molecular formula is C22H17ClF3N4O2+. The van der Waals surface area contributed by atoms with Crippen molar-refractivity contribution < 1.29 is 22.7 Å². The Hall–Kier alpha value is -3.43. The van der Waals surface area contributed by atoms with E-state index < -0.39 is 28.8 Å². The van der Waals surface area contributed by atoms with Crippen molar-refractivity contribution in [3.63, 3.8) is 0 Å². The maximum absolute atomic E-state index is 12.9. The third-order valence-corrected chi connectivity index (χ3v) is 5.38. The summed E-state index contributed by atoms with van der Waals surface area (Å²) in [5.41, 5.74) is 8.24. The molecule has 2 heterocycles. The van der Waals surface area contributed by atoms with Gasteiger partial charge in [-0.25, -0.2) is 9.78 Å². The van der Waals surface area contributed by atoms with Gasteiger partial charge < -0.3 is 10.5 Å². The minimum Gasteiger partial charge on any atom is -0.406 e. The second-order valence-electron chi connectivity index (χ2n) is 7.11. The number of ether oxygens (including phenoxy) is 1. The number of hydrogen-bond acceptors (Lipinski definition) is 4. The molecule has 0 spiro atoms. The number of alkyl halides is 3. The normalized spacial score (nSPS) is 20.6. The molecule has 10 heteroatoms. The lowest BCUT2D eigenvalue weighted by molar-refractivity contribution is -0.274. The number of primary amides is 1. The fourth-order valence-corrected chi connectivity index (χ4v) is 3.89. The van der Waals surface area contributed by atoms with E-state index in [9.17, 15) is 18.0 Å². The summed E-state index contributed by atoms with van der Waals surface area (Å²) in [6.45, 7) is 0. The number of benzene rings is 2. The Kier molecular flexibility index (Phi) is 5.62. The molecule has 1 aliphatic heterocycles. The van der Waals surface area contributed by atoms with Crippen molar-refractivity contribution in [1.29, 1.82) is 0 Å². The number of halogens is 4. The van der Waals surface area contributed by atoms with Gasteiger partial charge in [0.1, 0.15) is 16.6 Å². The zero-order chi connectivity index (χ0) is 22.9. The van der Waals surface area contributed by atoms with Crippen LogP contribution in [0.15, 0.2) is 78.0 Å². The summed E-state index contributed by atoms with van der Waals surface area (Å²) >= 11 is 5.92. The van der Waals surface area contributed by atoms with Gasteiger partial charge in [0.2, 0.25) is 0 Å². The molecule has 2 atom stereocenters. The molecule has 6 nitrogen and oxygen atoms in total. The van der Waals surface area contributed by atoms with Crippen molar-refractivity contribution in [2.75, 3.05) is 0 Å². The van der Waals surface area contributed by atoms with Crippen LogP contribution in [0.3, 0.4) is 0 Å². The number of aromatic nitrogens is 1. The maximum Gasteiger partial charge on any atom is 0.573 e. The van der Waals surface area contributed by atoms with Crippen LogP contribution in [0.2, 0.25) is 5.15 Å². The fraction of sp³-hybridized carbons (Fsp3) is 0.136. The number of rotatable bonds is 4. The summed E-state index contributed by atoms with van der Waals surface area (Å²) in [6, 6.07) is 16.1. The number of nitrogens with two attached hydrogens (primary N) is 1. The molecule has 2 N–H and O–H groups in total. The Labute approximate surface area is 186 Å². The SMILES string of the molecule is NC(=O)[N+]1(c2ccc(OC(F)(F)F)cc2)N=C(c2ccccc2)CC1c1ccc(Cl)nc1. The zero-order valence-electron chi connectivity index (χ0n) is 16.5. The molecule has 2 amide bonds. The van der Waals surface area contributed by atoms with Gasteiger partial charge in [-0.3, -0.25) is 0 Å². The van der Waals surface area contributed by atoms with Gasteiger partial charge in [-0.15, -0.1) is 13.2 Å². The molecule has 1 aromatic heterocycles. The lowest BCUT2D eigenvalue weighted by atomic mass is 9.98. The van der Waals surface area contributed by atoms with E-state index in [1.165, 1.54) is 18.3 Å². The van der Waals surface area contributed by atoms with Gasteiger partial charge in [0.05, 0.1) is 6.42 Å². The molecule has 0 saturated carbocycles. The second kappa shape index (κ2) is 8.25. The first kappa shape index (κ1) is 21.8. The highest BCUT2D eigenvalue weighted by molar-refractivity contribution is 6.29. The number of amides is 2. The molecule has 0 radical (unpaired) electrons. The van der Waals surface area contributed by atoms with Gasteiger partial charge in [0, 0.05) is 29.5 Å². The zero-order valence-corrected chi connectivity index (χ0v) is 17.2. The number of carbonyl (C=O) groups is 1. The van der Waals surface area contributed by atoms with E-state index in [0.717, 1.165) is 17.7 Å². The topological polar surface area (TPSA) is 77.6 Å². The van der Waals surface area contributed by atoms with Crippen LogP contribution in [0.25, 0.3) is 0 Å². The van der Waals surface area contributed by atoms with E-state index in [4.69, 9.17) is 22.4 Å². The number of urea groups is 1. The van der Waals surface area contributed by atoms with Crippen LogP contribution in [0.4, 0.5) is 23.7 Å². The highest BCUT2D eigenvalue weighted by Gasteiger charge is 2.53. The highest BCUT2D eigenvalue weighted by atomic mass is 35.5. The van der Waals surface area contributed by atoms with Crippen molar-refractivity contribution in [3.05, 3.63) is 89.2 Å². The third-order valence-electron chi connectivity index (χ3n) is 5.16. The summed E-state index contributed by atoms with van der Waals surface area (Å²) in [7, 11) is 0. The highest BCUT2D eigenvalue weighted by Crippen LogP contribution is 2.44. The van der Waals surface area contributed by atoms with Crippen LogP contribution >= 0.6 is 11.6 Å². The molecule has 2 unspecified atom stereocenters. The summed E-state index contributed by atoms with van der Waals surface area (Å²) in [5.74, 6) is -0.417. The van der Waals surface area contributed by atoms with Crippen LogP contribution < -0.4 is 15.1 Å². The summed E-state index contributed by atoms with van der Waals surface area (Å²) in [6.07, 6.45) is -2.95. The van der Waals surface area contributed by atoms with Crippen LogP contribution in [0.5, 0.6) is 5.75 Å². The van der Waals surface area contributed by atoms with Gasteiger partial charge in [-0.1, -0.05) is 51.6 Å². The molecule has 0 fully saturated rings. The number of nitrogens with zero attached hydrogens (tertiary/aromatic N) is 3. The van der Waals surface area contributed by atoms with E-state index in [2.05, 4.69) is 9.72 Å². The van der Waals surface area contributed by atoms with Crippen molar-refractivity contribution in [2.24, 2.45) is 10.8 Å². The average Bonchev–Trinajstić information content (AvgIpc) is 3.16. The first-order chi connectivity index (χ1) is 15.2. The van der Waals surface area contributed by atoms with E-state index in [1.54, 1.807) is 12.1 Å². The average molecular weight is 462 g/mol. The number of hydrogen-bond donors (Lipinski definition) is 1. The monoisotopic (exact) mass is 461 g/mol. The molecule has 0 aliphatic carbocycles. The van der Waals surface area contributed by atoms with Gasteiger partial charge in [-0.2, -0.15) is 0 Å². The van der Waals surface area contributed by atoms with Crippen LogP contribution in [0, 0.1) is 0 Å². The Morgan fingerprint density at radius 3 is 2.31 bits per heavy atom. The van der Waals surface area contributed by atoms with Crippen molar-refractivity contribution >= 4 is 29.0 Å². The molecular weight excluding hydrogens is 445 g/mol. The van der Waals surface area contributed by atoms with Crippen LogP contribution in [-0.4, -0.2) is 23.1 Å². The van der Waals surface area contributed by atoms with Crippen LogP contribution in [0.1, 0.15) is 23.6 Å². The minimum atomic E-state index is -4.83. The molecule has 164 valence electrons. The van der Waals surface area contributed by atoms with Gasteiger partial charge >= 0.3 is 12.4 Å². The molecule has 0 bridgehead atoms. The minimum absolute atomic E-state index is 0.279. The lowest BCUT2D eigenvalue weighted by Gasteiger charge is -2.30. The molecule has 32 heavy (non-hydrogen) atoms. The van der Waals surface area contributed by atoms with E-state index in [1.807, 2.05) is 30.3 Å².